The van der Waals surface area contributed by atoms with Crippen molar-refractivity contribution < 1.29 is 0 Å². The van der Waals surface area contributed by atoms with Gasteiger partial charge in [0.2, 0.25) is 0 Å². The maximum Gasteiger partial charge on any atom is 0.0316 e. The lowest BCUT2D eigenvalue weighted by atomic mass is 9.78. The summed E-state index contributed by atoms with van der Waals surface area (Å²) in [5.74, 6) is 1.00. The van der Waals surface area contributed by atoms with Crippen molar-refractivity contribution in [3.05, 3.63) is 29.8 Å². The van der Waals surface area contributed by atoms with E-state index in [0.29, 0.717) is 0 Å². The van der Waals surface area contributed by atoms with E-state index in [1.165, 1.54) is 70.0 Å². The largest absolute Gasteiger partial charge is 0.399 e. The van der Waals surface area contributed by atoms with Crippen LogP contribution in [0.25, 0.3) is 0 Å². The maximum absolute atomic E-state index is 5.85. The number of nitrogens with zero attached hydrogens (tertiary/aromatic N) is 1. The van der Waals surface area contributed by atoms with Crippen LogP contribution in [0.4, 0.5) is 5.69 Å². The van der Waals surface area contributed by atoms with Gasteiger partial charge >= 0.3 is 0 Å². The predicted octanol–water partition coefficient (Wildman–Crippen LogP) is 3.86. The fourth-order valence-corrected chi connectivity index (χ4v) is 4.24. The van der Waals surface area contributed by atoms with Gasteiger partial charge in [-0.25, -0.2) is 0 Å². The minimum Gasteiger partial charge on any atom is -0.399 e. The van der Waals surface area contributed by atoms with E-state index in [2.05, 4.69) is 23.1 Å². The number of rotatable bonds is 4. The van der Waals surface area contributed by atoms with Gasteiger partial charge in [0.1, 0.15) is 0 Å². The third kappa shape index (κ3) is 3.35. The molecule has 3 rings (SSSR count). The molecule has 0 amide bonds. The molecule has 110 valence electrons. The summed E-state index contributed by atoms with van der Waals surface area (Å²) < 4.78 is 0. The Kier molecular flexibility index (Phi) is 4.62. The van der Waals surface area contributed by atoms with Crippen molar-refractivity contribution in [2.24, 2.45) is 5.92 Å². The number of piperidine rings is 1. The average Bonchev–Trinajstić information content (AvgIpc) is 2.48. The van der Waals surface area contributed by atoms with Crippen molar-refractivity contribution in [2.45, 2.75) is 57.4 Å². The first-order valence-corrected chi connectivity index (χ1v) is 8.41. The van der Waals surface area contributed by atoms with E-state index >= 15 is 0 Å². The van der Waals surface area contributed by atoms with Gasteiger partial charge < -0.3 is 10.6 Å². The molecule has 1 aliphatic carbocycles. The Morgan fingerprint density at radius 3 is 2.85 bits per heavy atom. The summed E-state index contributed by atoms with van der Waals surface area (Å²) in [6.45, 7) is 2.61. The lowest BCUT2D eigenvalue weighted by Gasteiger charge is -2.44. The van der Waals surface area contributed by atoms with Crippen molar-refractivity contribution in [3.63, 3.8) is 0 Å². The molecule has 2 heteroatoms. The number of fused-ring (bicyclic) bond motifs is 1. The van der Waals surface area contributed by atoms with E-state index < -0.39 is 0 Å². The van der Waals surface area contributed by atoms with Crippen LogP contribution in [0.2, 0.25) is 0 Å². The van der Waals surface area contributed by atoms with E-state index in [1.54, 1.807) is 0 Å². The van der Waals surface area contributed by atoms with Crippen molar-refractivity contribution in [1.82, 2.24) is 4.90 Å². The number of aryl methyl sites for hydroxylation is 1. The van der Waals surface area contributed by atoms with Gasteiger partial charge in [0.15, 0.2) is 0 Å². The summed E-state index contributed by atoms with van der Waals surface area (Å²) in [4.78, 5) is 2.79. The smallest absolute Gasteiger partial charge is 0.0316 e. The molecular weight excluding hydrogens is 244 g/mol. The molecule has 0 radical (unpaired) electrons. The number of hydrogen-bond acceptors (Lipinski definition) is 2. The van der Waals surface area contributed by atoms with Crippen molar-refractivity contribution in [1.29, 1.82) is 0 Å². The van der Waals surface area contributed by atoms with Gasteiger partial charge in [0, 0.05) is 11.7 Å². The van der Waals surface area contributed by atoms with Gasteiger partial charge in [-0.1, -0.05) is 25.0 Å². The van der Waals surface area contributed by atoms with Crippen molar-refractivity contribution in [3.8, 4) is 0 Å². The lowest BCUT2D eigenvalue weighted by Crippen LogP contribution is -2.47. The van der Waals surface area contributed by atoms with E-state index in [1.807, 2.05) is 6.07 Å². The van der Waals surface area contributed by atoms with Gasteiger partial charge in [-0.05, 0) is 75.2 Å². The van der Waals surface area contributed by atoms with Crippen LogP contribution < -0.4 is 5.73 Å². The summed E-state index contributed by atoms with van der Waals surface area (Å²) in [7, 11) is 0. The topological polar surface area (TPSA) is 29.3 Å². The summed E-state index contributed by atoms with van der Waals surface area (Å²) in [6, 6.07) is 9.28. The van der Waals surface area contributed by atoms with Crippen LogP contribution in [0.3, 0.4) is 0 Å². The Morgan fingerprint density at radius 1 is 1.10 bits per heavy atom. The molecule has 1 saturated carbocycles. The van der Waals surface area contributed by atoms with Gasteiger partial charge in [-0.3, -0.25) is 0 Å². The molecule has 0 aromatic heterocycles. The zero-order valence-electron chi connectivity index (χ0n) is 12.6. The first-order valence-electron chi connectivity index (χ1n) is 8.41. The second kappa shape index (κ2) is 6.62. The lowest BCUT2D eigenvalue weighted by molar-refractivity contribution is 0.0602. The molecule has 1 aromatic carbocycles. The first-order chi connectivity index (χ1) is 9.83. The molecule has 2 aliphatic rings. The van der Waals surface area contributed by atoms with Crippen molar-refractivity contribution >= 4 is 5.69 Å². The van der Waals surface area contributed by atoms with Crippen LogP contribution in [0.5, 0.6) is 0 Å². The van der Waals surface area contributed by atoms with Crippen LogP contribution in [0.15, 0.2) is 24.3 Å². The fourth-order valence-electron chi connectivity index (χ4n) is 4.24. The Balaban J connectivity index is 1.50. The molecule has 2 N–H and O–H groups in total. The summed E-state index contributed by atoms with van der Waals surface area (Å²) in [5.41, 5.74) is 8.14. The maximum atomic E-state index is 5.85. The molecule has 20 heavy (non-hydrogen) atoms. The fraction of sp³-hybridized carbons (Fsp3) is 0.667. The van der Waals surface area contributed by atoms with E-state index in [4.69, 9.17) is 5.73 Å². The molecular formula is C18H28N2. The highest BCUT2D eigenvalue weighted by atomic mass is 15.2. The van der Waals surface area contributed by atoms with Crippen LogP contribution in [-0.4, -0.2) is 24.0 Å². The van der Waals surface area contributed by atoms with Gasteiger partial charge in [-0.15, -0.1) is 0 Å². The monoisotopic (exact) mass is 272 g/mol. The molecule has 0 bridgehead atoms. The van der Waals surface area contributed by atoms with Crippen LogP contribution in [-0.2, 0) is 6.42 Å². The number of anilines is 1. The number of likely N-dealkylation sites (tertiary alicyclic amines) is 1. The molecule has 1 saturated heterocycles. The average molecular weight is 272 g/mol. The molecule has 2 nitrogen and oxygen atoms in total. The summed E-state index contributed by atoms with van der Waals surface area (Å²) in [6.07, 6.45) is 11.2. The number of hydrogen-bond donors (Lipinski definition) is 1. The number of nitrogens with two attached hydrogens (primary N) is 1. The minimum atomic E-state index is 0.896. The second-order valence-corrected chi connectivity index (χ2v) is 6.64. The van der Waals surface area contributed by atoms with Crippen LogP contribution in [0, 0.1) is 5.92 Å². The molecule has 2 atom stereocenters. The normalized spacial score (nSPS) is 27.2. The van der Waals surface area contributed by atoms with E-state index in [-0.39, 0.29) is 0 Å². The summed E-state index contributed by atoms with van der Waals surface area (Å²) >= 11 is 0. The SMILES string of the molecule is Nc1cccc(CCCN2CCC[C@H]3CCCC[C@H]32)c1. The van der Waals surface area contributed by atoms with E-state index in [9.17, 15) is 0 Å². The van der Waals surface area contributed by atoms with Crippen LogP contribution in [0.1, 0.15) is 50.5 Å². The summed E-state index contributed by atoms with van der Waals surface area (Å²) in [5, 5.41) is 0. The quantitative estimate of drug-likeness (QED) is 0.843. The Bertz CT molecular complexity index is 427. The molecule has 1 aliphatic heterocycles. The molecule has 2 fully saturated rings. The predicted molar refractivity (Wildman–Crippen MR) is 85.7 cm³/mol. The number of nitrogen functional groups attached to an aromatic ring is 1. The number of benzene rings is 1. The third-order valence-electron chi connectivity index (χ3n) is 5.22. The van der Waals surface area contributed by atoms with Gasteiger partial charge in [0.25, 0.3) is 0 Å². The second-order valence-electron chi connectivity index (χ2n) is 6.64. The Labute approximate surface area is 123 Å². The molecule has 1 aromatic rings. The molecule has 1 heterocycles. The minimum absolute atomic E-state index is 0.896. The zero-order valence-corrected chi connectivity index (χ0v) is 12.6. The standard InChI is InChI=1S/C18H28N2/c19-17-10-3-6-15(14-17)7-4-12-20-13-5-9-16-8-1-2-11-18(16)20/h3,6,10,14,16,18H,1-2,4-5,7-9,11-13,19H2/t16-,18-/m1/s1. The van der Waals surface area contributed by atoms with Crippen molar-refractivity contribution in [2.75, 3.05) is 18.8 Å². The Hall–Kier alpha value is -1.02. The molecule has 0 spiro atoms. The van der Waals surface area contributed by atoms with Crippen LogP contribution >= 0.6 is 0 Å². The Morgan fingerprint density at radius 2 is 1.95 bits per heavy atom. The highest BCUT2D eigenvalue weighted by Gasteiger charge is 2.32. The highest BCUT2D eigenvalue weighted by molar-refractivity contribution is 5.40. The highest BCUT2D eigenvalue weighted by Crippen LogP contribution is 2.35. The van der Waals surface area contributed by atoms with Gasteiger partial charge in [0.05, 0.1) is 0 Å². The third-order valence-corrected chi connectivity index (χ3v) is 5.22. The van der Waals surface area contributed by atoms with Gasteiger partial charge in [-0.2, -0.15) is 0 Å². The zero-order chi connectivity index (χ0) is 13.8. The van der Waals surface area contributed by atoms with E-state index in [0.717, 1.165) is 17.6 Å². The molecule has 0 unspecified atom stereocenters. The first kappa shape index (κ1) is 13.9.